The van der Waals surface area contributed by atoms with Gasteiger partial charge in [0, 0.05) is 19.5 Å². The van der Waals surface area contributed by atoms with Crippen LogP contribution in [-0.4, -0.2) is 33.4 Å². The van der Waals surface area contributed by atoms with E-state index in [0.29, 0.717) is 5.69 Å². The average molecular weight is 358 g/mol. The zero-order chi connectivity index (χ0) is 17.2. The molecular weight excluding hydrogens is 343 g/mol. The molecule has 10 heteroatoms. The van der Waals surface area contributed by atoms with Crippen LogP contribution in [0.2, 0.25) is 0 Å². The summed E-state index contributed by atoms with van der Waals surface area (Å²) in [5.41, 5.74) is 0.231. The summed E-state index contributed by atoms with van der Waals surface area (Å²) in [7, 11) is -0.327. The van der Waals surface area contributed by atoms with Crippen LogP contribution >= 0.6 is 11.3 Å². The Morgan fingerprint density at radius 2 is 2.13 bits per heavy atom. The number of amides is 1. The Balaban J connectivity index is 2.14. The highest BCUT2D eigenvalue weighted by Crippen LogP contribution is 2.18. The molecule has 0 aliphatic heterocycles. The number of thiazole rings is 1. The Labute approximate surface area is 137 Å². The van der Waals surface area contributed by atoms with Crippen molar-refractivity contribution < 1.29 is 17.6 Å². The van der Waals surface area contributed by atoms with Crippen molar-refractivity contribution in [1.82, 2.24) is 10.3 Å². The van der Waals surface area contributed by atoms with Gasteiger partial charge < -0.3 is 10.2 Å². The summed E-state index contributed by atoms with van der Waals surface area (Å²) in [6.07, 6.45) is 0. The van der Waals surface area contributed by atoms with Crippen LogP contribution in [0.1, 0.15) is 16.1 Å². The fraction of sp³-hybridized carbons (Fsp3) is 0.231. The Morgan fingerprint density at radius 1 is 1.43 bits per heavy atom. The maximum atomic E-state index is 13.7. The maximum absolute atomic E-state index is 13.7. The molecule has 1 aromatic carbocycles. The number of hydrogen-bond donors (Lipinski definition) is 2. The van der Waals surface area contributed by atoms with Gasteiger partial charge in [-0.2, -0.15) is 0 Å². The summed E-state index contributed by atoms with van der Waals surface area (Å²) in [6.45, 7) is 0.0994. The lowest BCUT2D eigenvalue weighted by Gasteiger charge is -2.07. The molecule has 124 valence electrons. The van der Waals surface area contributed by atoms with Gasteiger partial charge in [-0.3, -0.25) is 4.79 Å². The molecule has 0 saturated heterocycles. The van der Waals surface area contributed by atoms with Gasteiger partial charge in [0.1, 0.15) is 5.82 Å². The van der Waals surface area contributed by atoms with Gasteiger partial charge in [-0.25, -0.2) is 22.9 Å². The average Bonchev–Trinajstić information content (AvgIpc) is 2.93. The van der Waals surface area contributed by atoms with Gasteiger partial charge in [0.2, 0.25) is 10.0 Å². The van der Waals surface area contributed by atoms with Gasteiger partial charge in [-0.1, -0.05) is 0 Å². The number of carbonyl (C=O) groups is 1. The monoisotopic (exact) mass is 358 g/mol. The second-order valence-electron chi connectivity index (χ2n) is 4.89. The van der Waals surface area contributed by atoms with Crippen LogP contribution in [0, 0.1) is 5.82 Å². The van der Waals surface area contributed by atoms with E-state index in [9.17, 15) is 17.6 Å². The number of sulfonamides is 1. The number of nitrogens with zero attached hydrogens (tertiary/aromatic N) is 2. The first kappa shape index (κ1) is 17.3. The predicted octanol–water partition coefficient (Wildman–Crippen LogP) is 0.926. The van der Waals surface area contributed by atoms with Crippen molar-refractivity contribution in [2.24, 2.45) is 5.14 Å². The van der Waals surface area contributed by atoms with Gasteiger partial charge in [0.15, 0.2) is 5.13 Å². The summed E-state index contributed by atoms with van der Waals surface area (Å²) in [6, 6.07) is 2.80. The van der Waals surface area contributed by atoms with Crippen molar-refractivity contribution in [3.63, 3.8) is 0 Å². The van der Waals surface area contributed by atoms with Crippen LogP contribution in [-0.2, 0) is 16.6 Å². The Morgan fingerprint density at radius 3 is 2.70 bits per heavy atom. The molecule has 0 atom stereocenters. The number of carbonyl (C=O) groups excluding carboxylic acids is 1. The quantitative estimate of drug-likeness (QED) is 0.827. The lowest BCUT2D eigenvalue weighted by molar-refractivity contribution is 0.0946. The van der Waals surface area contributed by atoms with Gasteiger partial charge in [0.05, 0.1) is 22.7 Å². The number of benzene rings is 1. The summed E-state index contributed by atoms with van der Waals surface area (Å²) >= 11 is 1.41. The van der Waals surface area contributed by atoms with Crippen LogP contribution in [0.3, 0.4) is 0 Å². The van der Waals surface area contributed by atoms with E-state index in [1.165, 1.54) is 11.3 Å². The molecule has 0 radical (unpaired) electrons. The van der Waals surface area contributed by atoms with Crippen molar-refractivity contribution in [3.05, 3.63) is 40.7 Å². The zero-order valence-electron chi connectivity index (χ0n) is 12.4. The summed E-state index contributed by atoms with van der Waals surface area (Å²) in [5, 5.41) is 10.0. The van der Waals surface area contributed by atoms with Crippen LogP contribution in [0.15, 0.2) is 28.5 Å². The molecule has 7 nitrogen and oxygen atoms in total. The smallest absolute Gasteiger partial charge is 0.254 e. The first-order valence-corrected chi connectivity index (χ1v) is 8.83. The van der Waals surface area contributed by atoms with Crippen molar-refractivity contribution >= 4 is 32.4 Å². The van der Waals surface area contributed by atoms with Gasteiger partial charge in [-0.15, -0.1) is 11.3 Å². The fourth-order valence-electron chi connectivity index (χ4n) is 1.70. The number of aromatic nitrogens is 1. The lowest BCUT2D eigenvalue weighted by atomic mass is 10.2. The fourth-order valence-corrected chi connectivity index (χ4v) is 3.00. The minimum absolute atomic E-state index is 0.0994. The molecule has 1 heterocycles. The number of hydrogen-bond acceptors (Lipinski definition) is 6. The first-order chi connectivity index (χ1) is 10.7. The van der Waals surface area contributed by atoms with E-state index in [-0.39, 0.29) is 17.0 Å². The standard InChI is InChI=1S/C13H15FN4O3S2/c1-18(2)13-17-8(7-22-13)6-16-12(19)10-5-9(23(15,20)21)3-4-11(10)14/h3-5,7H,6H2,1-2H3,(H,16,19)(H2,15,20,21). The third-order valence-electron chi connectivity index (χ3n) is 2.86. The summed E-state index contributed by atoms with van der Waals surface area (Å²) in [5.74, 6) is -1.57. The molecule has 1 amide bonds. The predicted molar refractivity (Wildman–Crippen MR) is 85.4 cm³/mol. The largest absolute Gasteiger partial charge is 0.354 e. The van der Waals surface area contributed by atoms with Crippen LogP contribution in [0.5, 0.6) is 0 Å². The van der Waals surface area contributed by atoms with Gasteiger partial charge in [-0.05, 0) is 18.2 Å². The molecular formula is C13H15FN4O3S2. The normalized spacial score (nSPS) is 11.3. The number of primary sulfonamides is 1. The van der Waals surface area contributed by atoms with Gasteiger partial charge in [0.25, 0.3) is 5.91 Å². The molecule has 0 aliphatic carbocycles. The van der Waals surface area contributed by atoms with E-state index in [0.717, 1.165) is 23.3 Å². The van der Waals surface area contributed by atoms with Crippen LogP contribution in [0.25, 0.3) is 0 Å². The molecule has 2 rings (SSSR count). The van der Waals surface area contributed by atoms with E-state index < -0.39 is 21.7 Å². The van der Waals surface area contributed by atoms with Crippen molar-refractivity contribution in [2.75, 3.05) is 19.0 Å². The Bertz CT molecular complexity index is 833. The molecule has 2 aromatic rings. The highest BCUT2D eigenvalue weighted by Gasteiger charge is 2.17. The summed E-state index contributed by atoms with van der Waals surface area (Å²) < 4.78 is 36.3. The highest BCUT2D eigenvalue weighted by atomic mass is 32.2. The number of nitrogens with one attached hydrogen (secondary N) is 1. The van der Waals surface area contributed by atoms with E-state index in [4.69, 9.17) is 5.14 Å². The third-order valence-corrected chi connectivity index (χ3v) is 4.83. The highest BCUT2D eigenvalue weighted by molar-refractivity contribution is 7.89. The maximum Gasteiger partial charge on any atom is 0.254 e. The van der Waals surface area contributed by atoms with E-state index in [1.54, 1.807) is 5.38 Å². The second-order valence-corrected chi connectivity index (χ2v) is 7.28. The molecule has 0 spiro atoms. The summed E-state index contributed by atoms with van der Waals surface area (Å²) in [4.78, 5) is 17.8. The molecule has 0 aliphatic rings. The van der Waals surface area contributed by atoms with Crippen LogP contribution < -0.4 is 15.4 Å². The molecule has 23 heavy (non-hydrogen) atoms. The first-order valence-electron chi connectivity index (χ1n) is 6.41. The van der Waals surface area contributed by atoms with E-state index >= 15 is 0 Å². The number of halogens is 1. The Hall–Kier alpha value is -2.04. The van der Waals surface area contributed by atoms with Crippen molar-refractivity contribution in [3.8, 4) is 0 Å². The van der Waals surface area contributed by atoms with Crippen molar-refractivity contribution in [1.29, 1.82) is 0 Å². The third kappa shape index (κ3) is 4.24. The number of nitrogens with two attached hydrogens (primary N) is 1. The van der Waals surface area contributed by atoms with E-state index in [1.807, 2.05) is 19.0 Å². The molecule has 0 saturated carbocycles. The zero-order valence-corrected chi connectivity index (χ0v) is 14.0. The molecule has 0 unspecified atom stereocenters. The van der Waals surface area contributed by atoms with Crippen LogP contribution in [0.4, 0.5) is 9.52 Å². The molecule has 1 aromatic heterocycles. The minimum Gasteiger partial charge on any atom is -0.354 e. The molecule has 3 N–H and O–H groups in total. The lowest BCUT2D eigenvalue weighted by Crippen LogP contribution is -2.25. The minimum atomic E-state index is -4.01. The van der Waals surface area contributed by atoms with Crippen molar-refractivity contribution in [2.45, 2.75) is 11.4 Å². The van der Waals surface area contributed by atoms with E-state index in [2.05, 4.69) is 10.3 Å². The number of rotatable bonds is 5. The Kier molecular flexibility index (Phi) is 4.97. The molecule has 0 fully saturated rings. The topological polar surface area (TPSA) is 105 Å². The SMILES string of the molecule is CN(C)c1nc(CNC(=O)c2cc(S(N)(=O)=O)ccc2F)cs1. The molecule has 0 bridgehead atoms. The number of anilines is 1. The second kappa shape index (κ2) is 6.60. The van der Waals surface area contributed by atoms with Gasteiger partial charge >= 0.3 is 0 Å².